The molecule has 7 heteroatoms. The molecule has 1 aromatic carbocycles. The maximum Gasteiger partial charge on any atom is 0.270 e. The van der Waals surface area contributed by atoms with E-state index in [-0.39, 0.29) is 24.5 Å². The van der Waals surface area contributed by atoms with Crippen molar-refractivity contribution >= 4 is 11.8 Å². The van der Waals surface area contributed by atoms with Crippen molar-refractivity contribution in [2.75, 3.05) is 25.2 Å². The van der Waals surface area contributed by atoms with Gasteiger partial charge in [-0.15, -0.1) is 0 Å². The SMILES string of the molecule is Cc1ccc(C)n1NC(=O)c1ccc(OCC(=O)NC[C@H]2CCCO2)cc1. The third kappa shape index (κ3) is 5.10. The number of nitrogens with one attached hydrogen (secondary N) is 2. The van der Waals surface area contributed by atoms with E-state index in [1.165, 1.54) is 0 Å². The molecule has 0 radical (unpaired) electrons. The normalized spacial score (nSPS) is 16.1. The van der Waals surface area contributed by atoms with Crippen LogP contribution in [0.2, 0.25) is 0 Å². The Morgan fingerprint density at radius 3 is 2.48 bits per heavy atom. The highest BCUT2D eigenvalue weighted by atomic mass is 16.5. The zero-order chi connectivity index (χ0) is 19.2. The van der Waals surface area contributed by atoms with Crippen LogP contribution >= 0.6 is 0 Å². The van der Waals surface area contributed by atoms with Gasteiger partial charge in [-0.25, -0.2) is 0 Å². The average Bonchev–Trinajstić information content (AvgIpc) is 3.30. The molecule has 0 unspecified atom stereocenters. The number of carbonyl (C=O) groups is 2. The Kier molecular flexibility index (Phi) is 6.13. The summed E-state index contributed by atoms with van der Waals surface area (Å²) < 4.78 is 12.7. The smallest absolute Gasteiger partial charge is 0.270 e. The molecule has 2 amide bonds. The second kappa shape index (κ2) is 8.73. The van der Waals surface area contributed by atoms with Crippen LogP contribution in [0.5, 0.6) is 5.75 Å². The summed E-state index contributed by atoms with van der Waals surface area (Å²) in [5.41, 5.74) is 5.27. The van der Waals surface area contributed by atoms with E-state index in [0.29, 0.717) is 17.9 Å². The van der Waals surface area contributed by atoms with Crippen LogP contribution < -0.4 is 15.5 Å². The van der Waals surface area contributed by atoms with Crippen LogP contribution in [0.15, 0.2) is 36.4 Å². The molecule has 0 bridgehead atoms. The molecule has 144 valence electrons. The molecule has 7 nitrogen and oxygen atoms in total. The van der Waals surface area contributed by atoms with Gasteiger partial charge in [-0.3, -0.25) is 19.7 Å². The van der Waals surface area contributed by atoms with Gasteiger partial charge in [0.15, 0.2) is 6.61 Å². The van der Waals surface area contributed by atoms with Gasteiger partial charge in [0.25, 0.3) is 11.8 Å². The number of hydrogen-bond donors (Lipinski definition) is 2. The van der Waals surface area contributed by atoms with Gasteiger partial charge in [-0.1, -0.05) is 0 Å². The number of benzene rings is 1. The molecule has 0 aliphatic carbocycles. The lowest BCUT2D eigenvalue weighted by molar-refractivity contribution is -0.123. The van der Waals surface area contributed by atoms with E-state index < -0.39 is 0 Å². The molecule has 2 N–H and O–H groups in total. The first-order chi connectivity index (χ1) is 13.0. The summed E-state index contributed by atoms with van der Waals surface area (Å²) >= 11 is 0. The molecule has 1 aliphatic rings. The van der Waals surface area contributed by atoms with Gasteiger partial charge in [0.2, 0.25) is 0 Å². The monoisotopic (exact) mass is 371 g/mol. The first-order valence-corrected chi connectivity index (χ1v) is 9.10. The molecule has 1 saturated heterocycles. The lowest BCUT2D eigenvalue weighted by Crippen LogP contribution is -2.35. The molecule has 1 aliphatic heterocycles. The first-order valence-electron chi connectivity index (χ1n) is 9.10. The van der Waals surface area contributed by atoms with Crippen molar-refractivity contribution in [1.82, 2.24) is 9.99 Å². The number of rotatable bonds is 7. The summed E-state index contributed by atoms with van der Waals surface area (Å²) in [7, 11) is 0. The Morgan fingerprint density at radius 2 is 1.85 bits per heavy atom. The average molecular weight is 371 g/mol. The largest absolute Gasteiger partial charge is 0.484 e. The third-order valence-corrected chi connectivity index (χ3v) is 4.52. The highest BCUT2D eigenvalue weighted by Crippen LogP contribution is 2.13. The fraction of sp³-hybridized carbons (Fsp3) is 0.400. The van der Waals surface area contributed by atoms with Crippen LogP contribution in [-0.4, -0.2) is 42.4 Å². The molecule has 2 heterocycles. The molecule has 1 fully saturated rings. The van der Waals surface area contributed by atoms with Gasteiger partial charge in [0.05, 0.1) is 6.10 Å². The van der Waals surface area contributed by atoms with Crippen molar-refractivity contribution in [2.24, 2.45) is 0 Å². The van der Waals surface area contributed by atoms with Crippen LogP contribution in [-0.2, 0) is 9.53 Å². The summed E-state index contributed by atoms with van der Waals surface area (Å²) in [5.74, 6) is 0.135. The minimum absolute atomic E-state index is 0.0694. The lowest BCUT2D eigenvalue weighted by atomic mass is 10.2. The second-order valence-corrected chi connectivity index (χ2v) is 6.64. The zero-order valence-corrected chi connectivity index (χ0v) is 15.7. The van der Waals surface area contributed by atoms with Crippen molar-refractivity contribution in [3.63, 3.8) is 0 Å². The van der Waals surface area contributed by atoms with Gasteiger partial charge >= 0.3 is 0 Å². The molecule has 2 aromatic rings. The molecular weight excluding hydrogens is 346 g/mol. The van der Waals surface area contributed by atoms with Crippen molar-refractivity contribution in [1.29, 1.82) is 0 Å². The Morgan fingerprint density at radius 1 is 1.15 bits per heavy atom. The summed E-state index contributed by atoms with van der Waals surface area (Å²) in [6.07, 6.45) is 2.13. The molecular formula is C20H25N3O4. The molecule has 3 rings (SSSR count). The van der Waals surface area contributed by atoms with Crippen LogP contribution in [0.25, 0.3) is 0 Å². The van der Waals surface area contributed by atoms with Gasteiger partial charge in [0, 0.05) is 30.1 Å². The van der Waals surface area contributed by atoms with E-state index in [9.17, 15) is 9.59 Å². The summed E-state index contributed by atoms with van der Waals surface area (Å²) in [5, 5.41) is 2.80. The van der Waals surface area contributed by atoms with Crippen LogP contribution in [0.1, 0.15) is 34.6 Å². The van der Waals surface area contributed by atoms with E-state index in [1.54, 1.807) is 28.9 Å². The Labute approximate surface area is 158 Å². The van der Waals surface area contributed by atoms with E-state index >= 15 is 0 Å². The Bertz CT molecular complexity index is 773. The Hall–Kier alpha value is -2.80. The number of amides is 2. The fourth-order valence-electron chi connectivity index (χ4n) is 2.95. The van der Waals surface area contributed by atoms with Gasteiger partial charge < -0.3 is 14.8 Å². The molecule has 0 spiro atoms. The molecule has 1 aromatic heterocycles. The van der Waals surface area contributed by atoms with Crippen molar-refractivity contribution in [3.8, 4) is 5.75 Å². The molecule has 0 saturated carbocycles. The van der Waals surface area contributed by atoms with Crippen LogP contribution in [0.3, 0.4) is 0 Å². The minimum Gasteiger partial charge on any atom is -0.484 e. The second-order valence-electron chi connectivity index (χ2n) is 6.64. The first kappa shape index (κ1) is 19.0. The minimum atomic E-state index is -0.210. The maximum absolute atomic E-state index is 12.4. The van der Waals surface area contributed by atoms with E-state index in [1.807, 2.05) is 26.0 Å². The third-order valence-electron chi connectivity index (χ3n) is 4.52. The predicted octanol–water partition coefficient (Wildman–Crippen LogP) is 2.16. The predicted molar refractivity (Wildman–Crippen MR) is 102 cm³/mol. The van der Waals surface area contributed by atoms with Crippen LogP contribution in [0, 0.1) is 13.8 Å². The topological polar surface area (TPSA) is 81.6 Å². The Balaban J connectivity index is 1.46. The molecule has 1 atom stereocenters. The quantitative estimate of drug-likeness (QED) is 0.782. The van der Waals surface area contributed by atoms with Crippen LogP contribution in [0.4, 0.5) is 0 Å². The van der Waals surface area contributed by atoms with E-state index in [2.05, 4.69) is 10.7 Å². The van der Waals surface area contributed by atoms with Crippen molar-refractivity contribution < 1.29 is 19.1 Å². The molecule has 27 heavy (non-hydrogen) atoms. The van der Waals surface area contributed by atoms with E-state index in [0.717, 1.165) is 30.8 Å². The fourth-order valence-corrected chi connectivity index (χ4v) is 2.95. The number of carbonyl (C=O) groups excluding carboxylic acids is 2. The number of aryl methyl sites for hydroxylation is 2. The highest BCUT2D eigenvalue weighted by molar-refractivity contribution is 6.00. The number of ether oxygens (including phenoxy) is 2. The van der Waals surface area contributed by atoms with Crippen molar-refractivity contribution in [2.45, 2.75) is 32.8 Å². The number of nitrogens with zero attached hydrogens (tertiary/aromatic N) is 1. The number of hydrogen-bond acceptors (Lipinski definition) is 4. The highest BCUT2D eigenvalue weighted by Gasteiger charge is 2.16. The van der Waals surface area contributed by atoms with Crippen molar-refractivity contribution in [3.05, 3.63) is 53.3 Å². The van der Waals surface area contributed by atoms with Gasteiger partial charge in [-0.05, 0) is 63.1 Å². The lowest BCUT2D eigenvalue weighted by Gasteiger charge is -2.12. The van der Waals surface area contributed by atoms with E-state index in [4.69, 9.17) is 9.47 Å². The zero-order valence-electron chi connectivity index (χ0n) is 15.7. The summed E-state index contributed by atoms with van der Waals surface area (Å²) in [4.78, 5) is 24.2. The summed E-state index contributed by atoms with van der Waals surface area (Å²) in [6, 6.07) is 10.6. The maximum atomic E-state index is 12.4. The summed E-state index contributed by atoms with van der Waals surface area (Å²) in [6.45, 7) is 5.06. The number of aromatic nitrogens is 1. The standard InChI is InChI=1S/C20H25N3O4/c1-14-5-6-15(2)23(14)22-20(25)16-7-9-17(10-8-16)27-13-19(24)21-12-18-4-3-11-26-18/h5-10,18H,3-4,11-13H2,1-2H3,(H,21,24)(H,22,25)/t18-/m1/s1. The van der Waals surface area contributed by atoms with Gasteiger partial charge in [0.1, 0.15) is 5.75 Å². The van der Waals surface area contributed by atoms with Gasteiger partial charge in [-0.2, -0.15) is 0 Å².